The number of amides is 2. The van der Waals surface area contributed by atoms with Crippen LogP contribution in [-0.4, -0.2) is 46.3 Å². The molecule has 27 heavy (non-hydrogen) atoms. The van der Waals surface area contributed by atoms with Crippen molar-refractivity contribution < 1.29 is 19.1 Å². The highest BCUT2D eigenvalue weighted by Crippen LogP contribution is 2.28. The van der Waals surface area contributed by atoms with Crippen molar-refractivity contribution in [2.24, 2.45) is 5.10 Å². The molecule has 2 N–H and O–H groups in total. The molecule has 2 amide bonds. The van der Waals surface area contributed by atoms with E-state index >= 15 is 0 Å². The number of nitrogens with zero attached hydrogens (tertiary/aromatic N) is 2. The highest BCUT2D eigenvalue weighted by Gasteiger charge is 2.16. The van der Waals surface area contributed by atoms with E-state index in [0.717, 1.165) is 11.3 Å². The molecule has 0 aliphatic heterocycles. The van der Waals surface area contributed by atoms with Crippen molar-refractivity contribution >= 4 is 29.4 Å². The zero-order chi connectivity index (χ0) is 19.8. The number of hydrogen-bond acceptors (Lipinski definition) is 6. The first-order valence-corrected chi connectivity index (χ1v) is 8.08. The van der Waals surface area contributed by atoms with Crippen molar-refractivity contribution in [2.75, 3.05) is 38.5 Å². The van der Waals surface area contributed by atoms with E-state index in [2.05, 4.69) is 15.8 Å². The van der Waals surface area contributed by atoms with Gasteiger partial charge in [0.1, 0.15) is 11.5 Å². The van der Waals surface area contributed by atoms with E-state index in [1.165, 1.54) is 20.4 Å². The number of nitrogens with one attached hydrogen (secondary N) is 2. The minimum Gasteiger partial charge on any atom is -0.497 e. The molecule has 0 atom stereocenters. The summed E-state index contributed by atoms with van der Waals surface area (Å²) in [6, 6.07) is 12.4. The first kappa shape index (κ1) is 19.8. The third-order valence-corrected chi connectivity index (χ3v) is 3.65. The monoisotopic (exact) mass is 370 g/mol. The van der Waals surface area contributed by atoms with E-state index < -0.39 is 11.8 Å². The minimum absolute atomic E-state index is 0.320. The fraction of sp³-hybridized carbons (Fsp3) is 0.211. The van der Waals surface area contributed by atoms with Crippen molar-refractivity contribution in [2.45, 2.75) is 0 Å². The molecule has 8 nitrogen and oxygen atoms in total. The number of rotatable bonds is 6. The molecule has 0 spiro atoms. The quantitative estimate of drug-likeness (QED) is 0.460. The van der Waals surface area contributed by atoms with Crippen LogP contribution in [0.25, 0.3) is 0 Å². The summed E-state index contributed by atoms with van der Waals surface area (Å²) in [7, 11) is 6.85. The van der Waals surface area contributed by atoms with Gasteiger partial charge in [-0.25, -0.2) is 5.43 Å². The van der Waals surface area contributed by atoms with Crippen LogP contribution in [0.5, 0.6) is 11.5 Å². The molecule has 0 unspecified atom stereocenters. The molecule has 8 heteroatoms. The summed E-state index contributed by atoms with van der Waals surface area (Å²) in [6.07, 6.45) is 1.46. The number of anilines is 2. The first-order chi connectivity index (χ1) is 12.9. The van der Waals surface area contributed by atoms with Crippen LogP contribution in [0.4, 0.5) is 11.4 Å². The Morgan fingerprint density at radius 1 is 1.00 bits per heavy atom. The van der Waals surface area contributed by atoms with Gasteiger partial charge in [-0.1, -0.05) is 12.1 Å². The molecule has 0 fully saturated rings. The zero-order valence-electron chi connectivity index (χ0n) is 15.6. The molecule has 0 aromatic heterocycles. The van der Waals surface area contributed by atoms with Crippen LogP contribution in [0.1, 0.15) is 5.56 Å². The lowest BCUT2D eigenvalue weighted by Gasteiger charge is -2.11. The van der Waals surface area contributed by atoms with Crippen LogP contribution in [0, 0.1) is 0 Å². The molecular formula is C19H22N4O4. The van der Waals surface area contributed by atoms with E-state index in [0.29, 0.717) is 17.2 Å². The average Bonchev–Trinajstić information content (AvgIpc) is 2.68. The molecule has 2 rings (SSSR count). The smallest absolute Gasteiger partial charge is 0.329 e. The topological polar surface area (TPSA) is 92.3 Å². The number of carbonyl (C=O) groups is 2. The molecule has 2 aromatic carbocycles. The van der Waals surface area contributed by atoms with Gasteiger partial charge in [0.05, 0.1) is 26.1 Å². The van der Waals surface area contributed by atoms with Crippen LogP contribution in [0.15, 0.2) is 47.6 Å². The van der Waals surface area contributed by atoms with Crippen molar-refractivity contribution in [3.8, 4) is 11.5 Å². The molecule has 0 bridgehead atoms. The summed E-state index contributed by atoms with van der Waals surface area (Å²) in [5.41, 5.74) is 4.34. The van der Waals surface area contributed by atoms with Crippen LogP contribution >= 0.6 is 0 Å². The lowest BCUT2D eigenvalue weighted by atomic mass is 10.2. The summed E-state index contributed by atoms with van der Waals surface area (Å²) in [5.74, 6) is -0.852. The molecule has 0 saturated carbocycles. The lowest BCUT2D eigenvalue weighted by molar-refractivity contribution is -0.136. The minimum atomic E-state index is -0.902. The summed E-state index contributed by atoms with van der Waals surface area (Å²) < 4.78 is 10.3. The first-order valence-electron chi connectivity index (χ1n) is 8.08. The Kier molecular flexibility index (Phi) is 6.76. The molecule has 0 aliphatic rings. The maximum atomic E-state index is 12.0. The molecule has 0 aliphatic carbocycles. The molecule has 0 heterocycles. The third kappa shape index (κ3) is 5.46. The van der Waals surface area contributed by atoms with E-state index in [9.17, 15) is 9.59 Å². The maximum absolute atomic E-state index is 12.0. The van der Waals surface area contributed by atoms with E-state index in [1.54, 1.807) is 18.2 Å². The maximum Gasteiger partial charge on any atom is 0.329 e. The standard InChI is InChI=1S/C19H22N4O4/c1-23(2)14-7-5-13(6-8-14)12-20-22-19(25)18(24)21-16-11-15(26-3)9-10-17(16)27-4/h5-12H,1-4H3,(H,21,24)(H,22,25)/b20-12+. The van der Waals surface area contributed by atoms with E-state index in [1.807, 2.05) is 43.3 Å². The van der Waals surface area contributed by atoms with Crippen LogP contribution in [0.3, 0.4) is 0 Å². The molecule has 2 aromatic rings. The van der Waals surface area contributed by atoms with Gasteiger partial charge in [0.2, 0.25) is 0 Å². The molecule has 0 saturated heterocycles. The van der Waals surface area contributed by atoms with Gasteiger partial charge in [-0.2, -0.15) is 5.10 Å². The third-order valence-electron chi connectivity index (χ3n) is 3.65. The predicted octanol–water partition coefficient (Wildman–Crippen LogP) is 1.86. The number of carbonyl (C=O) groups excluding carboxylic acids is 2. The van der Waals surface area contributed by atoms with Crippen molar-refractivity contribution in [1.82, 2.24) is 5.43 Å². The average molecular weight is 370 g/mol. The number of methoxy groups -OCH3 is 2. The number of benzene rings is 2. The fourth-order valence-electron chi connectivity index (χ4n) is 2.17. The van der Waals surface area contributed by atoms with E-state index in [4.69, 9.17) is 9.47 Å². The number of ether oxygens (including phenoxy) is 2. The molecule has 142 valence electrons. The Balaban J connectivity index is 1.96. The summed E-state index contributed by atoms with van der Waals surface area (Å²) in [5, 5.41) is 6.27. The van der Waals surface area contributed by atoms with Gasteiger partial charge in [0.25, 0.3) is 0 Å². The lowest BCUT2D eigenvalue weighted by Crippen LogP contribution is -2.32. The number of hydrogen-bond donors (Lipinski definition) is 2. The second kappa shape index (κ2) is 9.23. The van der Waals surface area contributed by atoms with Gasteiger partial charge in [-0.05, 0) is 29.8 Å². The van der Waals surface area contributed by atoms with Gasteiger partial charge in [0, 0.05) is 25.8 Å². The van der Waals surface area contributed by atoms with Gasteiger partial charge >= 0.3 is 11.8 Å². The highest BCUT2D eigenvalue weighted by molar-refractivity contribution is 6.39. The van der Waals surface area contributed by atoms with Crippen molar-refractivity contribution in [3.63, 3.8) is 0 Å². The Morgan fingerprint density at radius 3 is 2.30 bits per heavy atom. The number of hydrazone groups is 1. The van der Waals surface area contributed by atoms with E-state index in [-0.39, 0.29) is 0 Å². The Hall–Kier alpha value is -3.55. The Morgan fingerprint density at radius 2 is 1.70 bits per heavy atom. The van der Waals surface area contributed by atoms with Gasteiger partial charge in [0.15, 0.2) is 0 Å². The highest BCUT2D eigenvalue weighted by atomic mass is 16.5. The summed E-state index contributed by atoms with van der Waals surface area (Å²) in [6.45, 7) is 0. The van der Waals surface area contributed by atoms with Crippen LogP contribution in [-0.2, 0) is 9.59 Å². The van der Waals surface area contributed by atoms with Gasteiger partial charge in [-0.3, -0.25) is 9.59 Å². The van der Waals surface area contributed by atoms with Gasteiger partial charge in [-0.15, -0.1) is 0 Å². The second-order valence-corrected chi connectivity index (χ2v) is 5.71. The molecular weight excluding hydrogens is 348 g/mol. The van der Waals surface area contributed by atoms with Crippen LogP contribution < -0.4 is 25.1 Å². The molecule has 0 radical (unpaired) electrons. The second-order valence-electron chi connectivity index (χ2n) is 5.71. The SMILES string of the molecule is COc1ccc(OC)c(NC(=O)C(=O)N/N=C/c2ccc(N(C)C)cc2)c1. The summed E-state index contributed by atoms with van der Waals surface area (Å²) >= 11 is 0. The van der Waals surface area contributed by atoms with Gasteiger partial charge < -0.3 is 19.7 Å². The summed E-state index contributed by atoms with van der Waals surface area (Å²) in [4.78, 5) is 25.9. The van der Waals surface area contributed by atoms with Crippen molar-refractivity contribution in [3.05, 3.63) is 48.0 Å². The zero-order valence-corrected chi connectivity index (χ0v) is 15.6. The fourth-order valence-corrected chi connectivity index (χ4v) is 2.17. The van der Waals surface area contributed by atoms with Crippen LogP contribution in [0.2, 0.25) is 0 Å². The van der Waals surface area contributed by atoms with Crippen molar-refractivity contribution in [1.29, 1.82) is 0 Å². The Bertz CT molecular complexity index is 832. The predicted molar refractivity (Wildman–Crippen MR) is 105 cm³/mol. The normalized spacial score (nSPS) is 10.4. The largest absolute Gasteiger partial charge is 0.497 e. The Labute approximate surface area is 157 Å².